The number of ketones is 1. The molecule has 0 unspecified atom stereocenters. The second-order valence-electron chi connectivity index (χ2n) is 8.28. The summed E-state index contributed by atoms with van der Waals surface area (Å²) >= 11 is 12.5. The van der Waals surface area contributed by atoms with E-state index in [1.807, 2.05) is 35.2 Å². The van der Waals surface area contributed by atoms with Crippen LogP contribution in [0.4, 0.5) is 5.69 Å². The first-order valence-electron chi connectivity index (χ1n) is 10.4. The number of amides is 2. The molecule has 4 atom stereocenters. The van der Waals surface area contributed by atoms with Gasteiger partial charge in [0.2, 0.25) is 17.6 Å². The van der Waals surface area contributed by atoms with Crippen LogP contribution in [0.25, 0.3) is 6.08 Å². The van der Waals surface area contributed by atoms with Crippen LogP contribution in [0, 0.1) is 11.8 Å². The number of nitrogens with zero attached hydrogens (tertiary/aromatic N) is 2. The maximum absolute atomic E-state index is 13.8. The van der Waals surface area contributed by atoms with E-state index in [0.717, 1.165) is 16.0 Å². The first kappa shape index (κ1) is 20.3. The minimum absolute atomic E-state index is 0.145. The third kappa shape index (κ3) is 2.84. The molecule has 2 fully saturated rings. The number of Topliss-reactive ketones (excluding diaryl/α,β-unsaturated/α-hetero) is 1. The predicted octanol–water partition coefficient (Wildman–Crippen LogP) is 4.98. The van der Waals surface area contributed by atoms with Crippen molar-refractivity contribution in [1.29, 1.82) is 0 Å². The lowest BCUT2D eigenvalue weighted by molar-refractivity contribution is -0.123. The number of halogens is 2. The minimum atomic E-state index is -0.897. The van der Waals surface area contributed by atoms with Gasteiger partial charge in [-0.1, -0.05) is 47.5 Å². The molecule has 6 nitrogen and oxygen atoms in total. The Morgan fingerprint density at radius 3 is 2.52 bits per heavy atom. The summed E-state index contributed by atoms with van der Waals surface area (Å²) in [5.41, 5.74) is 2.07. The van der Waals surface area contributed by atoms with E-state index in [4.69, 9.17) is 27.6 Å². The smallest absolute Gasteiger partial charge is 0.240 e. The van der Waals surface area contributed by atoms with Crippen molar-refractivity contribution in [3.05, 3.63) is 94.0 Å². The molecule has 2 saturated heterocycles. The summed E-state index contributed by atoms with van der Waals surface area (Å²) in [6.45, 7) is 0. The van der Waals surface area contributed by atoms with Gasteiger partial charge >= 0.3 is 0 Å². The van der Waals surface area contributed by atoms with Crippen molar-refractivity contribution in [1.82, 2.24) is 4.90 Å². The molecule has 3 aliphatic heterocycles. The molecule has 1 aromatic heterocycles. The van der Waals surface area contributed by atoms with Crippen LogP contribution in [-0.2, 0) is 9.59 Å². The summed E-state index contributed by atoms with van der Waals surface area (Å²) in [7, 11) is 0. The van der Waals surface area contributed by atoms with Gasteiger partial charge in [0.1, 0.15) is 6.04 Å². The molecule has 0 aliphatic carbocycles. The summed E-state index contributed by atoms with van der Waals surface area (Å²) in [5, 5.41) is 0.582. The number of carbonyl (C=O) groups is 3. The largest absolute Gasteiger partial charge is 0.461 e. The molecule has 4 heterocycles. The van der Waals surface area contributed by atoms with E-state index < -0.39 is 35.7 Å². The Kier molecular flexibility index (Phi) is 4.50. The molecule has 3 aromatic rings. The normalized spacial score (nSPS) is 25.3. The van der Waals surface area contributed by atoms with Gasteiger partial charge in [-0.25, -0.2) is 4.90 Å². The lowest BCUT2D eigenvalue weighted by Gasteiger charge is -2.35. The summed E-state index contributed by atoms with van der Waals surface area (Å²) in [6.07, 6.45) is 5.11. The first-order chi connectivity index (χ1) is 16.0. The number of hydrogen-bond acceptors (Lipinski definition) is 5. The predicted molar refractivity (Wildman–Crippen MR) is 123 cm³/mol. The van der Waals surface area contributed by atoms with Crippen LogP contribution in [0.5, 0.6) is 0 Å². The minimum Gasteiger partial charge on any atom is -0.461 e. The third-order valence-electron chi connectivity index (χ3n) is 6.64. The molecule has 164 valence electrons. The third-order valence-corrected chi connectivity index (χ3v) is 7.20. The summed E-state index contributed by atoms with van der Waals surface area (Å²) < 4.78 is 5.37. The molecule has 0 bridgehead atoms. The Labute approximate surface area is 199 Å². The summed E-state index contributed by atoms with van der Waals surface area (Å²) in [5.74, 6) is -2.73. The van der Waals surface area contributed by atoms with Crippen molar-refractivity contribution in [3.8, 4) is 0 Å². The number of carbonyl (C=O) groups excluding carboxylic acids is 3. The standard InChI is InChI=1S/C25H16Cl2N2O4/c26-14-7-8-16(27)17(12-14)29-24(31)19-20(25(29)32)22(23(30)18-6-3-11-33-18)28-10-9-13-4-1-2-5-15(13)21(19)28/h1-12,19-22H/t19-,20-,21-,22+/m1/s1. The number of benzene rings is 2. The quantitative estimate of drug-likeness (QED) is 0.391. The van der Waals surface area contributed by atoms with Crippen LogP contribution in [0.1, 0.15) is 27.7 Å². The van der Waals surface area contributed by atoms with Crippen LogP contribution in [0.3, 0.4) is 0 Å². The Morgan fingerprint density at radius 1 is 0.939 bits per heavy atom. The second kappa shape index (κ2) is 7.33. The van der Waals surface area contributed by atoms with Crippen molar-refractivity contribution in [3.63, 3.8) is 0 Å². The van der Waals surface area contributed by atoms with Crippen molar-refractivity contribution >= 4 is 52.6 Å². The van der Waals surface area contributed by atoms with Crippen molar-refractivity contribution in [2.75, 3.05) is 4.90 Å². The van der Waals surface area contributed by atoms with Gasteiger partial charge in [-0.2, -0.15) is 0 Å². The fourth-order valence-corrected chi connectivity index (χ4v) is 5.68. The average molecular weight is 479 g/mol. The van der Waals surface area contributed by atoms with E-state index >= 15 is 0 Å². The Bertz CT molecular complexity index is 1350. The van der Waals surface area contributed by atoms with Gasteiger partial charge in [-0.05, 0) is 47.5 Å². The van der Waals surface area contributed by atoms with E-state index in [1.54, 1.807) is 30.5 Å². The molecular weight excluding hydrogens is 463 g/mol. The molecule has 0 spiro atoms. The Morgan fingerprint density at radius 2 is 1.73 bits per heavy atom. The van der Waals surface area contributed by atoms with Gasteiger partial charge < -0.3 is 9.32 Å². The number of hydrogen-bond donors (Lipinski definition) is 0. The molecular formula is C25H16Cl2N2O4. The highest BCUT2D eigenvalue weighted by molar-refractivity contribution is 6.38. The fourth-order valence-electron chi connectivity index (χ4n) is 5.32. The lowest BCUT2D eigenvalue weighted by Crippen LogP contribution is -2.44. The number of imide groups is 1. The molecule has 0 N–H and O–H groups in total. The maximum Gasteiger partial charge on any atom is 0.240 e. The molecule has 33 heavy (non-hydrogen) atoms. The zero-order valence-corrected chi connectivity index (χ0v) is 18.5. The van der Waals surface area contributed by atoms with Gasteiger partial charge in [0.25, 0.3) is 0 Å². The molecule has 6 rings (SSSR count). The molecule has 3 aliphatic rings. The Balaban J connectivity index is 1.52. The number of fused-ring (bicyclic) bond motifs is 5. The van der Waals surface area contributed by atoms with Crippen LogP contribution in [0.15, 0.2) is 71.5 Å². The van der Waals surface area contributed by atoms with Crippen molar-refractivity contribution < 1.29 is 18.8 Å². The monoisotopic (exact) mass is 478 g/mol. The highest BCUT2D eigenvalue weighted by atomic mass is 35.5. The van der Waals surface area contributed by atoms with E-state index in [1.165, 1.54) is 12.3 Å². The second-order valence-corrected chi connectivity index (χ2v) is 9.13. The SMILES string of the molecule is O=C(c1ccco1)[C@@H]1[C@@H]2C(=O)N(c3cc(Cl)ccc3Cl)C(=O)[C@H]2[C@H]2c3ccccc3C=CN12. The lowest BCUT2D eigenvalue weighted by atomic mass is 9.84. The molecule has 8 heteroatoms. The van der Waals surface area contributed by atoms with E-state index in [0.29, 0.717) is 5.02 Å². The van der Waals surface area contributed by atoms with Gasteiger partial charge in [-0.3, -0.25) is 14.4 Å². The zero-order valence-electron chi connectivity index (χ0n) is 17.0. The van der Waals surface area contributed by atoms with Gasteiger partial charge in [-0.15, -0.1) is 0 Å². The van der Waals surface area contributed by atoms with E-state index in [9.17, 15) is 14.4 Å². The average Bonchev–Trinajstić information content (AvgIpc) is 3.52. The molecule has 0 radical (unpaired) electrons. The highest BCUT2D eigenvalue weighted by Crippen LogP contribution is 2.54. The number of furan rings is 1. The maximum atomic E-state index is 13.8. The first-order valence-corrected chi connectivity index (χ1v) is 11.2. The van der Waals surface area contributed by atoms with Gasteiger partial charge in [0.15, 0.2) is 5.76 Å². The number of anilines is 1. The van der Waals surface area contributed by atoms with Gasteiger partial charge in [0, 0.05) is 11.2 Å². The van der Waals surface area contributed by atoms with Gasteiger partial charge in [0.05, 0.1) is 34.9 Å². The molecule has 0 saturated carbocycles. The fraction of sp³-hybridized carbons (Fsp3) is 0.160. The van der Waals surface area contributed by atoms with Crippen LogP contribution in [0.2, 0.25) is 10.0 Å². The van der Waals surface area contributed by atoms with Crippen molar-refractivity contribution in [2.24, 2.45) is 11.8 Å². The summed E-state index contributed by atoms with van der Waals surface area (Å²) in [4.78, 5) is 44.0. The van der Waals surface area contributed by atoms with E-state index in [-0.39, 0.29) is 22.3 Å². The highest BCUT2D eigenvalue weighted by Gasteiger charge is 2.65. The Hall–Kier alpha value is -3.35. The zero-order chi connectivity index (χ0) is 22.9. The number of rotatable bonds is 3. The molecule has 2 aromatic carbocycles. The molecule has 2 amide bonds. The van der Waals surface area contributed by atoms with Crippen LogP contribution < -0.4 is 4.90 Å². The van der Waals surface area contributed by atoms with E-state index in [2.05, 4.69) is 0 Å². The van der Waals surface area contributed by atoms with Crippen LogP contribution >= 0.6 is 23.2 Å². The van der Waals surface area contributed by atoms with Crippen LogP contribution in [-0.4, -0.2) is 28.5 Å². The topological polar surface area (TPSA) is 70.8 Å². The van der Waals surface area contributed by atoms with Crippen molar-refractivity contribution in [2.45, 2.75) is 12.1 Å². The summed E-state index contributed by atoms with van der Waals surface area (Å²) in [6, 6.07) is 14.1.